The van der Waals surface area contributed by atoms with Gasteiger partial charge in [-0.15, -0.1) is 0 Å². The quantitative estimate of drug-likeness (QED) is 0.604. The Hall–Kier alpha value is -3.39. The van der Waals surface area contributed by atoms with Crippen molar-refractivity contribution in [3.63, 3.8) is 0 Å². The molecule has 1 fully saturated rings. The summed E-state index contributed by atoms with van der Waals surface area (Å²) in [5.41, 5.74) is 4.53. The fraction of sp³-hybridized carbons (Fsp3) is 0.444. The Morgan fingerprint density at radius 2 is 1.66 bits per heavy atom. The number of hydrogen-bond acceptors (Lipinski definition) is 5. The smallest absolute Gasteiger partial charge is 0.407 e. The molecule has 0 bridgehead atoms. The van der Waals surface area contributed by atoms with E-state index in [1.807, 2.05) is 50.2 Å². The van der Waals surface area contributed by atoms with Crippen LogP contribution in [0.5, 0.6) is 0 Å². The summed E-state index contributed by atoms with van der Waals surface area (Å²) < 4.78 is 5.64. The number of carboxylic acid groups (broad SMARTS) is 1. The molecule has 1 unspecified atom stereocenters. The summed E-state index contributed by atoms with van der Waals surface area (Å²) >= 11 is 0. The zero-order chi connectivity index (χ0) is 25.1. The molecule has 3 atom stereocenters. The van der Waals surface area contributed by atoms with E-state index in [1.165, 1.54) is 0 Å². The number of nitrogens with one attached hydrogen (secondary N) is 1. The van der Waals surface area contributed by atoms with Crippen LogP contribution in [0.2, 0.25) is 0 Å². The lowest BCUT2D eigenvalue weighted by Gasteiger charge is -2.25. The van der Waals surface area contributed by atoms with Gasteiger partial charge in [-0.2, -0.15) is 0 Å². The molecule has 0 spiro atoms. The van der Waals surface area contributed by atoms with Crippen molar-refractivity contribution < 1.29 is 24.2 Å². The van der Waals surface area contributed by atoms with Gasteiger partial charge in [0.2, 0.25) is 5.91 Å². The molecule has 2 amide bonds. The maximum absolute atomic E-state index is 13.2. The number of benzene rings is 2. The van der Waals surface area contributed by atoms with Gasteiger partial charge in [0, 0.05) is 19.0 Å². The average Bonchev–Trinajstić information content (AvgIpc) is 3.38. The molecule has 2 aromatic rings. The summed E-state index contributed by atoms with van der Waals surface area (Å²) in [5.74, 6) is -1.97. The normalized spacial score (nSPS) is 19.8. The zero-order valence-corrected chi connectivity index (χ0v) is 20.4. The maximum atomic E-state index is 13.2. The molecule has 2 N–H and O–H groups in total. The Kier molecular flexibility index (Phi) is 7.40. The molecule has 1 aliphatic heterocycles. The second-order valence-corrected chi connectivity index (χ2v) is 9.78. The Bertz CT molecular complexity index is 1060. The van der Waals surface area contributed by atoms with Gasteiger partial charge in [0.1, 0.15) is 12.6 Å². The van der Waals surface area contributed by atoms with Gasteiger partial charge in [-0.05, 0) is 55.2 Å². The number of carbonyl (C=O) groups excluding carboxylic acids is 2. The molecule has 8 nitrogen and oxygen atoms in total. The van der Waals surface area contributed by atoms with E-state index in [-0.39, 0.29) is 30.9 Å². The molecule has 1 heterocycles. The highest BCUT2D eigenvalue weighted by Gasteiger charge is 2.39. The molecule has 1 aliphatic carbocycles. The third kappa shape index (κ3) is 5.32. The van der Waals surface area contributed by atoms with Gasteiger partial charge in [-0.3, -0.25) is 9.59 Å². The number of nitrogens with zero attached hydrogens (tertiary/aromatic N) is 2. The number of alkyl carbamates (subject to hydrolysis) is 1. The number of carbonyl (C=O) groups is 3. The fourth-order valence-corrected chi connectivity index (χ4v) is 5.12. The van der Waals surface area contributed by atoms with E-state index in [0.29, 0.717) is 19.5 Å². The van der Waals surface area contributed by atoms with Crippen LogP contribution in [0, 0.1) is 11.8 Å². The van der Waals surface area contributed by atoms with Gasteiger partial charge < -0.3 is 25.0 Å². The molecule has 0 saturated carbocycles. The van der Waals surface area contributed by atoms with Gasteiger partial charge in [0.25, 0.3) is 0 Å². The van der Waals surface area contributed by atoms with E-state index in [2.05, 4.69) is 29.6 Å². The minimum Gasteiger partial charge on any atom is -0.481 e. The summed E-state index contributed by atoms with van der Waals surface area (Å²) in [4.78, 5) is 41.0. The fourth-order valence-electron chi connectivity index (χ4n) is 5.12. The minimum atomic E-state index is -0.901. The number of aliphatic carboxylic acids is 1. The van der Waals surface area contributed by atoms with Crippen molar-refractivity contribution in [1.82, 2.24) is 15.1 Å². The van der Waals surface area contributed by atoms with Crippen LogP contribution in [0.4, 0.5) is 4.79 Å². The number of hydrogen-bond donors (Lipinski definition) is 2. The van der Waals surface area contributed by atoms with E-state index in [1.54, 1.807) is 4.90 Å². The summed E-state index contributed by atoms with van der Waals surface area (Å²) in [6.07, 6.45) is -0.246. The van der Waals surface area contributed by atoms with E-state index in [4.69, 9.17) is 4.74 Å². The van der Waals surface area contributed by atoms with Crippen LogP contribution in [-0.4, -0.2) is 79.3 Å². The summed E-state index contributed by atoms with van der Waals surface area (Å²) in [5, 5.41) is 12.2. The summed E-state index contributed by atoms with van der Waals surface area (Å²) in [7, 11) is 3.79. The van der Waals surface area contributed by atoms with Crippen LogP contribution >= 0.6 is 0 Å². The first-order valence-corrected chi connectivity index (χ1v) is 12.0. The highest BCUT2D eigenvalue weighted by atomic mass is 16.5. The second-order valence-electron chi connectivity index (χ2n) is 9.78. The lowest BCUT2D eigenvalue weighted by atomic mass is 9.98. The molecular weight excluding hydrogens is 446 g/mol. The number of ether oxygens (including phenoxy) is 1. The molecule has 2 aliphatic rings. The van der Waals surface area contributed by atoms with Crippen molar-refractivity contribution in [3.8, 4) is 11.1 Å². The topological polar surface area (TPSA) is 99.2 Å². The first-order valence-electron chi connectivity index (χ1n) is 12.0. The van der Waals surface area contributed by atoms with Crippen molar-refractivity contribution in [2.45, 2.75) is 25.3 Å². The molecule has 1 saturated heterocycles. The van der Waals surface area contributed by atoms with Gasteiger partial charge in [-0.25, -0.2) is 4.79 Å². The van der Waals surface area contributed by atoms with Crippen molar-refractivity contribution in [2.24, 2.45) is 11.8 Å². The summed E-state index contributed by atoms with van der Waals surface area (Å²) in [6, 6.07) is 15.4. The van der Waals surface area contributed by atoms with Gasteiger partial charge in [-0.1, -0.05) is 55.5 Å². The zero-order valence-electron chi connectivity index (χ0n) is 20.4. The van der Waals surface area contributed by atoms with Crippen LogP contribution in [0.1, 0.15) is 30.4 Å². The van der Waals surface area contributed by atoms with Crippen molar-refractivity contribution in [2.75, 3.05) is 40.3 Å². The largest absolute Gasteiger partial charge is 0.481 e. The first kappa shape index (κ1) is 24.7. The monoisotopic (exact) mass is 479 g/mol. The van der Waals surface area contributed by atoms with E-state index < -0.39 is 24.0 Å². The van der Waals surface area contributed by atoms with Crippen molar-refractivity contribution in [3.05, 3.63) is 59.7 Å². The third-order valence-corrected chi connectivity index (χ3v) is 7.04. The highest BCUT2D eigenvalue weighted by molar-refractivity contribution is 5.87. The SMILES string of the molecule is C[C@@H]1CN(C(=O)C(CCN(C)C)NC(=O)OCC2c3ccccc3-c3ccccc32)C[C@H]1C(=O)O. The summed E-state index contributed by atoms with van der Waals surface area (Å²) in [6.45, 7) is 3.10. The Labute approximate surface area is 205 Å². The van der Waals surface area contributed by atoms with Gasteiger partial charge >= 0.3 is 12.1 Å². The lowest BCUT2D eigenvalue weighted by Crippen LogP contribution is -2.49. The molecule has 186 valence electrons. The van der Waals surface area contributed by atoms with Crippen LogP contribution in [0.25, 0.3) is 11.1 Å². The van der Waals surface area contributed by atoms with Crippen LogP contribution in [0.15, 0.2) is 48.5 Å². The molecule has 2 aromatic carbocycles. The number of fused-ring (bicyclic) bond motifs is 3. The Balaban J connectivity index is 1.42. The average molecular weight is 480 g/mol. The highest BCUT2D eigenvalue weighted by Crippen LogP contribution is 2.44. The third-order valence-electron chi connectivity index (χ3n) is 7.04. The standard InChI is InChI=1S/C27H33N3O5/c1-17-14-30(15-22(17)26(32)33)25(31)24(12-13-29(2)3)28-27(34)35-16-23-20-10-6-4-8-18(20)19-9-5-7-11-21(19)23/h4-11,17,22-24H,12-16H2,1-3H3,(H,28,34)(H,32,33)/t17-,22-,24?/m1/s1. The minimum absolute atomic E-state index is 0.0696. The molecule has 35 heavy (non-hydrogen) atoms. The Morgan fingerprint density at radius 3 is 2.20 bits per heavy atom. The number of likely N-dealkylation sites (tertiary alicyclic amines) is 1. The molecule has 0 aromatic heterocycles. The van der Waals surface area contributed by atoms with Crippen LogP contribution < -0.4 is 5.32 Å². The Morgan fingerprint density at radius 1 is 1.06 bits per heavy atom. The molecular formula is C27H33N3O5. The maximum Gasteiger partial charge on any atom is 0.407 e. The molecule has 0 radical (unpaired) electrons. The van der Waals surface area contributed by atoms with Crippen molar-refractivity contribution >= 4 is 18.0 Å². The molecule has 4 rings (SSSR count). The van der Waals surface area contributed by atoms with E-state index in [0.717, 1.165) is 22.3 Å². The van der Waals surface area contributed by atoms with Crippen molar-refractivity contribution in [1.29, 1.82) is 0 Å². The van der Waals surface area contributed by atoms with E-state index in [9.17, 15) is 19.5 Å². The number of rotatable bonds is 8. The number of amides is 2. The van der Waals surface area contributed by atoms with Gasteiger partial charge in [0.15, 0.2) is 0 Å². The predicted molar refractivity (Wildman–Crippen MR) is 132 cm³/mol. The van der Waals surface area contributed by atoms with E-state index >= 15 is 0 Å². The lowest BCUT2D eigenvalue weighted by molar-refractivity contribution is -0.142. The second kappa shape index (κ2) is 10.5. The molecule has 8 heteroatoms. The number of carboxylic acids is 1. The first-order chi connectivity index (χ1) is 16.8. The van der Waals surface area contributed by atoms with Gasteiger partial charge in [0.05, 0.1) is 5.92 Å². The van der Waals surface area contributed by atoms with Crippen LogP contribution in [0.3, 0.4) is 0 Å². The van der Waals surface area contributed by atoms with Crippen LogP contribution in [-0.2, 0) is 14.3 Å². The predicted octanol–water partition coefficient (Wildman–Crippen LogP) is 3.02.